The first-order chi connectivity index (χ1) is 13.9. The van der Waals surface area contributed by atoms with E-state index in [4.69, 9.17) is 9.47 Å². The molecule has 5 heteroatoms. The van der Waals surface area contributed by atoms with Crippen molar-refractivity contribution < 1.29 is 14.3 Å². The van der Waals surface area contributed by atoms with E-state index in [2.05, 4.69) is 17.1 Å². The fourth-order valence-corrected chi connectivity index (χ4v) is 6.63. The number of amides is 1. The highest BCUT2D eigenvalue weighted by Crippen LogP contribution is 2.59. The van der Waals surface area contributed by atoms with Crippen LogP contribution in [-0.4, -0.2) is 45.2 Å². The number of rotatable bonds is 8. The van der Waals surface area contributed by atoms with Crippen LogP contribution >= 0.6 is 0 Å². The number of carbonyl (C=O) groups is 1. The summed E-state index contributed by atoms with van der Waals surface area (Å²) in [7, 11) is 5.30. The lowest BCUT2D eigenvalue weighted by Gasteiger charge is -2.56. The van der Waals surface area contributed by atoms with Crippen molar-refractivity contribution in [2.45, 2.75) is 52.0 Å². The molecule has 29 heavy (non-hydrogen) atoms. The van der Waals surface area contributed by atoms with Gasteiger partial charge >= 0.3 is 0 Å². The molecule has 4 bridgehead atoms. The Bertz CT molecular complexity index is 725. The Morgan fingerprint density at radius 2 is 1.62 bits per heavy atom. The molecule has 4 aliphatic rings. The lowest BCUT2D eigenvalue weighted by Crippen LogP contribution is -2.51. The molecule has 160 valence electrons. The van der Waals surface area contributed by atoms with Crippen molar-refractivity contribution in [1.29, 1.82) is 0 Å². The molecule has 0 aromatic heterocycles. The van der Waals surface area contributed by atoms with E-state index in [-0.39, 0.29) is 5.91 Å². The van der Waals surface area contributed by atoms with Gasteiger partial charge in [-0.25, -0.2) is 0 Å². The van der Waals surface area contributed by atoms with Crippen LogP contribution in [0.1, 0.15) is 49.7 Å². The highest BCUT2D eigenvalue weighted by atomic mass is 16.5. The van der Waals surface area contributed by atoms with Gasteiger partial charge in [0.05, 0.1) is 20.8 Å². The first kappa shape index (κ1) is 20.5. The van der Waals surface area contributed by atoms with Gasteiger partial charge in [0.1, 0.15) is 0 Å². The number of methoxy groups -OCH3 is 2. The van der Waals surface area contributed by atoms with Crippen LogP contribution in [0.15, 0.2) is 12.1 Å². The monoisotopic (exact) mass is 400 g/mol. The van der Waals surface area contributed by atoms with E-state index >= 15 is 0 Å². The van der Waals surface area contributed by atoms with Crippen LogP contribution in [0, 0.1) is 30.1 Å². The summed E-state index contributed by atoms with van der Waals surface area (Å²) in [5.74, 6) is 4.38. The number of nitrogens with zero attached hydrogens (tertiary/aromatic N) is 1. The molecule has 5 rings (SSSR count). The number of ether oxygens (including phenoxy) is 2. The third-order valence-corrected chi connectivity index (χ3v) is 7.52. The summed E-state index contributed by atoms with van der Waals surface area (Å²) in [6.07, 6.45) is 8.34. The molecule has 0 heterocycles. The molecule has 4 saturated carbocycles. The lowest BCUT2D eigenvalue weighted by atomic mass is 9.49. The SMILES string of the molecule is COc1cc(C)c(CN(C)CC(=O)NCC23CC4CC(CC(C4)C2)C3)cc1OC. The van der Waals surface area contributed by atoms with E-state index in [1.54, 1.807) is 14.2 Å². The molecule has 1 N–H and O–H groups in total. The van der Waals surface area contributed by atoms with Gasteiger partial charge in [-0.1, -0.05) is 0 Å². The fraction of sp³-hybridized carbons (Fsp3) is 0.708. The van der Waals surface area contributed by atoms with Gasteiger partial charge in [-0.2, -0.15) is 0 Å². The zero-order valence-electron chi connectivity index (χ0n) is 18.4. The fourth-order valence-electron chi connectivity index (χ4n) is 6.63. The van der Waals surface area contributed by atoms with Crippen LogP contribution in [0.3, 0.4) is 0 Å². The summed E-state index contributed by atoms with van der Waals surface area (Å²) in [5.41, 5.74) is 2.69. The van der Waals surface area contributed by atoms with Crippen LogP contribution in [-0.2, 0) is 11.3 Å². The number of hydrogen-bond acceptors (Lipinski definition) is 4. The highest BCUT2D eigenvalue weighted by Gasteiger charge is 2.50. The van der Waals surface area contributed by atoms with E-state index in [0.717, 1.165) is 46.9 Å². The molecule has 1 aromatic carbocycles. The third kappa shape index (κ3) is 4.40. The molecule has 0 unspecified atom stereocenters. The van der Waals surface area contributed by atoms with Crippen LogP contribution in [0.5, 0.6) is 11.5 Å². The summed E-state index contributed by atoms with van der Waals surface area (Å²) >= 11 is 0. The molecule has 0 saturated heterocycles. The number of carbonyl (C=O) groups excluding carboxylic acids is 1. The Kier molecular flexibility index (Phi) is 5.78. The van der Waals surface area contributed by atoms with Crippen LogP contribution in [0.2, 0.25) is 0 Å². The predicted octanol–water partition coefficient (Wildman–Crippen LogP) is 3.78. The van der Waals surface area contributed by atoms with Gasteiger partial charge in [-0.05, 0) is 98.9 Å². The zero-order chi connectivity index (χ0) is 20.6. The average Bonchev–Trinajstić information content (AvgIpc) is 2.66. The standard InChI is InChI=1S/C24H36N2O3/c1-16-5-21(28-3)22(29-4)9-20(16)13-26(2)14-23(27)25-15-24-10-17-6-18(11-24)8-19(7-17)12-24/h5,9,17-19H,6-8,10-15H2,1-4H3,(H,25,27). The average molecular weight is 401 g/mol. The molecule has 0 spiro atoms. The van der Waals surface area contributed by atoms with Gasteiger partial charge in [0.25, 0.3) is 0 Å². The van der Waals surface area contributed by atoms with Gasteiger partial charge in [0.15, 0.2) is 11.5 Å². The second-order valence-corrected chi connectivity index (χ2v) is 10.0. The molecule has 0 radical (unpaired) electrons. The number of nitrogens with one attached hydrogen (secondary N) is 1. The van der Waals surface area contributed by atoms with Crippen LogP contribution < -0.4 is 14.8 Å². The molecule has 0 aliphatic heterocycles. The highest BCUT2D eigenvalue weighted by molar-refractivity contribution is 5.78. The van der Waals surface area contributed by atoms with Crippen molar-refractivity contribution in [3.8, 4) is 11.5 Å². The van der Waals surface area contributed by atoms with Crippen molar-refractivity contribution >= 4 is 5.91 Å². The van der Waals surface area contributed by atoms with E-state index in [9.17, 15) is 4.79 Å². The van der Waals surface area contributed by atoms with Crippen molar-refractivity contribution in [3.05, 3.63) is 23.3 Å². The Balaban J connectivity index is 1.30. The predicted molar refractivity (Wildman–Crippen MR) is 114 cm³/mol. The van der Waals surface area contributed by atoms with Crippen molar-refractivity contribution in [2.75, 3.05) is 34.4 Å². The maximum atomic E-state index is 12.6. The van der Waals surface area contributed by atoms with Crippen LogP contribution in [0.25, 0.3) is 0 Å². The van der Waals surface area contributed by atoms with E-state index in [0.29, 0.717) is 18.5 Å². The molecule has 4 fully saturated rings. The first-order valence-electron chi connectivity index (χ1n) is 11.1. The molecule has 0 atom stereocenters. The molecule has 1 aromatic rings. The normalized spacial score (nSPS) is 29.9. The molecule has 5 nitrogen and oxygen atoms in total. The Morgan fingerprint density at radius 3 is 2.17 bits per heavy atom. The largest absolute Gasteiger partial charge is 0.493 e. The van der Waals surface area contributed by atoms with Gasteiger partial charge < -0.3 is 14.8 Å². The summed E-state index contributed by atoms with van der Waals surface area (Å²) in [5, 5.41) is 3.29. The zero-order valence-corrected chi connectivity index (χ0v) is 18.4. The molecular formula is C24H36N2O3. The topological polar surface area (TPSA) is 50.8 Å². The summed E-state index contributed by atoms with van der Waals surface area (Å²) in [6, 6.07) is 4.01. The molecule has 4 aliphatic carbocycles. The lowest BCUT2D eigenvalue weighted by molar-refractivity contribution is -0.124. The minimum Gasteiger partial charge on any atom is -0.493 e. The number of hydrogen-bond donors (Lipinski definition) is 1. The Morgan fingerprint density at radius 1 is 1.07 bits per heavy atom. The number of likely N-dealkylation sites (N-methyl/N-ethyl adjacent to an activating group) is 1. The van der Waals surface area contributed by atoms with Gasteiger partial charge in [0.2, 0.25) is 5.91 Å². The molecular weight excluding hydrogens is 364 g/mol. The second kappa shape index (κ2) is 8.17. The van der Waals surface area contributed by atoms with E-state index < -0.39 is 0 Å². The van der Waals surface area contributed by atoms with Gasteiger partial charge in [0, 0.05) is 13.1 Å². The minimum atomic E-state index is 0.140. The van der Waals surface area contributed by atoms with Gasteiger partial charge in [-0.15, -0.1) is 0 Å². The van der Waals surface area contributed by atoms with Gasteiger partial charge in [-0.3, -0.25) is 9.69 Å². The smallest absolute Gasteiger partial charge is 0.234 e. The summed E-state index contributed by atoms with van der Waals surface area (Å²) in [6.45, 7) is 4.06. The van der Waals surface area contributed by atoms with Crippen LogP contribution in [0.4, 0.5) is 0 Å². The summed E-state index contributed by atoms with van der Waals surface area (Å²) < 4.78 is 10.8. The van der Waals surface area contributed by atoms with Crippen molar-refractivity contribution in [3.63, 3.8) is 0 Å². The minimum absolute atomic E-state index is 0.140. The Hall–Kier alpha value is -1.75. The van der Waals surface area contributed by atoms with Crippen molar-refractivity contribution in [1.82, 2.24) is 10.2 Å². The first-order valence-corrected chi connectivity index (χ1v) is 11.1. The quantitative estimate of drug-likeness (QED) is 0.722. The van der Waals surface area contributed by atoms with Crippen molar-refractivity contribution in [2.24, 2.45) is 23.2 Å². The maximum Gasteiger partial charge on any atom is 0.234 e. The third-order valence-electron chi connectivity index (χ3n) is 7.52. The number of aryl methyl sites for hydroxylation is 1. The number of benzene rings is 1. The second-order valence-electron chi connectivity index (χ2n) is 10.0. The molecule has 1 amide bonds. The summed E-state index contributed by atoms with van der Waals surface area (Å²) in [4.78, 5) is 14.7. The van der Waals surface area contributed by atoms with E-state index in [1.807, 2.05) is 19.2 Å². The maximum absolute atomic E-state index is 12.6. The van der Waals surface area contributed by atoms with E-state index in [1.165, 1.54) is 38.5 Å². The Labute approximate surface area is 175 Å².